The van der Waals surface area contributed by atoms with Crippen LogP contribution in [0.15, 0.2) is 12.3 Å². The van der Waals surface area contributed by atoms with E-state index < -0.39 is 6.03 Å². The van der Waals surface area contributed by atoms with Crippen LogP contribution in [-0.4, -0.2) is 58.0 Å². The fourth-order valence-electron chi connectivity index (χ4n) is 1.60. The molecule has 0 aliphatic carbocycles. The average Bonchev–Trinajstić information content (AvgIpc) is 2.92. The van der Waals surface area contributed by atoms with Gasteiger partial charge in [0.1, 0.15) is 13.1 Å². The Morgan fingerprint density at radius 3 is 2.89 bits per heavy atom. The smallest absolute Gasteiger partial charge is 0.327 e. The van der Waals surface area contributed by atoms with Gasteiger partial charge in [-0.05, 0) is 6.07 Å². The van der Waals surface area contributed by atoms with Gasteiger partial charge in [0.2, 0.25) is 5.91 Å². The first kappa shape index (κ1) is 12.1. The van der Waals surface area contributed by atoms with Crippen molar-refractivity contribution in [3.63, 3.8) is 0 Å². The van der Waals surface area contributed by atoms with Crippen molar-refractivity contribution in [2.45, 2.75) is 6.54 Å². The molecule has 1 saturated heterocycles. The van der Waals surface area contributed by atoms with Crippen LogP contribution in [0.5, 0.6) is 0 Å². The normalized spacial score (nSPS) is 15.4. The topological polar surface area (TPSA) is 98.4 Å². The van der Waals surface area contributed by atoms with Crippen molar-refractivity contribution in [2.75, 3.05) is 20.1 Å². The molecule has 4 amide bonds. The molecule has 0 bridgehead atoms. The van der Waals surface area contributed by atoms with Crippen LogP contribution in [0.25, 0.3) is 0 Å². The minimum absolute atomic E-state index is 0.0205. The van der Waals surface area contributed by atoms with E-state index >= 15 is 0 Å². The van der Waals surface area contributed by atoms with Crippen LogP contribution in [0, 0.1) is 0 Å². The number of amides is 4. The second kappa shape index (κ2) is 4.86. The highest BCUT2D eigenvalue weighted by Crippen LogP contribution is 2.06. The number of urea groups is 1. The molecule has 18 heavy (non-hydrogen) atoms. The number of H-pyrrole nitrogens is 1. The Balaban J connectivity index is 1.84. The Hall–Kier alpha value is -2.38. The average molecular weight is 251 g/mol. The number of hydrogen-bond acceptors (Lipinski definition) is 4. The number of nitrogens with zero attached hydrogens (tertiary/aromatic N) is 3. The van der Waals surface area contributed by atoms with E-state index in [1.807, 2.05) is 0 Å². The maximum Gasteiger partial charge on any atom is 0.327 e. The molecule has 2 heterocycles. The summed E-state index contributed by atoms with van der Waals surface area (Å²) in [6.45, 7) is 0.0493. The summed E-state index contributed by atoms with van der Waals surface area (Å²) in [5.41, 5.74) is 0.750. The molecule has 2 rings (SSSR count). The van der Waals surface area contributed by atoms with Gasteiger partial charge in [0.15, 0.2) is 0 Å². The number of likely N-dealkylation sites (N-methyl/N-ethyl adjacent to an activating group) is 1. The number of carbonyl (C=O) groups excluding carboxylic acids is 3. The zero-order valence-corrected chi connectivity index (χ0v) is 9.84. The zero-order valence-electron chi connectivity index (χ0n) is 9.84. The molecule has 1 aromatic heterocycles. The summed E-state index contributed by atoms with van der Waals surface area (Å²) in [7, 11) is 1.52. The number of rotatable bonds is 4. The number of aromatic amines is 1. The predicted octanol–water partition coefficient (Wildman–Crippen LogP) is -1.08. The molecule has 1 aliphatic heterocycles. The third-order valence-electron chi connectivity index (χ3n) is 2.57. The highest BCUT2D eigenvalue weighted by molar-refractivity contribution is 6.04. The van der Waals surface area contributed by atoms with Crippen molar-refractivity contribution in [1.82, 2.24) is 25.3 Å². The SMILES string of the molecule is CN1CC(=O)N(CC(=O)NCc2ccn[nH]2)C1=O. The van der Waals surface area contributed by atoms with E-state index in [0.29, 0.717) is 0 Å². The zero-order chi connectivity index (χ0) is 13.1. The number of aromatic nitrogens is 2. The summed E-state index contributed by atoms with van der Waals surface area (Å²) in [6.07, 6.45) is 1.57. The molecular formula is C10H13N5O3. The van der Waals surface area contributed by atoms with Crippen LogP contribution in [0.3, 0.4) is 0 Å². The quantitative estimate of drug-likeness (QED) is 0.665. The maximum absolute atomic E-state index is 11.6. The van der Waals surface area contributed by atoms with E-state index in [1.54, 1.807) is 12.3 Å². The Kier molecular flexibility index (Phi) is 3.26. The molecular weight excluding hydrogens is 238 g/mol. The van der Waals surface area contributed by atoms with Crippen LogP contribution in [0.1, 0.15) is 5.69 Å². The van der Waals surface area contributed by atoms with Crippen molar-refractivity contribution in [3.05, 3.63) is 18.0 Å². The lowest BCUT2D eigenvalue weighted by molar-refractivity contribution is -0.130. The highest BCUT2D eigenvalue weighted by Gasteiger charge is 2.34. The van der Waals surface area contributed by atoms with Crippen LogP contribution >= 0.6 is 0 Å². The predicted molar refractivity (Wildman–Crippen MR) is 60.2 cm³/mol. The van der Waals surface area contributed by atoms with Crippen molar-refractivity contribution >= 4 is 17.8 Å². The lowest BCUT2D eigenvalue weighted by Gasteiger charge is -2.13. The van der Waals surface area contributed by atoms with E-state index in [-0.39, 0.29) is 31.4 Å². The van der Waals surface area contributed by atoms with Crippen LogP contribution in [-0.2, 0) is 16.1 Å². The minimum Gasteiger partial charge on any atom is -0.349 e. The Morgan fingerprint density at radius 1 is 1.56 bits per heavy atom. The van der Waals surface area contributed by atoms with Gasteiger partial charge in [-0.1, -0.05) is 0 Å². The Bertz CT molecular complexity index is 470. The van der Waals surface area contributed by atoms with Crippen molar-refractivity contribution in [1.29, 1.82) is 0 Å². The summed E-state index contributed by atoms with van der Waals surface area (Å²) in [4.78, 5) is 36.7. The van der Waals surface area contributed by atoms with Gasteiger partial charge in [-0.25, -0.2) is 4.79 Å². The minimum atomic E-state index is -0.448. The third kappa shape index (κ3) is 2.47. The molecule has 0 radical (unpaired) electrons. The van der Waals surface area contributed by atoms with E-state index in [0.717, 1.165) is 10.6 Å². The van der Waals surface area contributed by atoms with E-state index in [4.69, 9.17) is 0 Å². The summed E-state index contributed by atoms with van der Waals surface area (Å²) in [5, 5.41) is 9.02. The highest BCUT2D eigenvalue weighted by atomic mass is 16.2. The van der Waals surface area contributed by atoms with Crippen LogP contribution in [0.4, 0.5) is 4.79 Å². The molecule has 0 atom stereocenters. The number of carbonyl (C=O) groups is 3. The molecule has 0 unspecified atom stereocenters. The molecule has 8 nitrogen and oxygen atoms in total. The number of nitrogens with one attached hydrogen (secondary N) is 2. The van der Waals surface area contributed by atoms with Gasteiger partial charge < -0.3 is 10.2 Å². The Morgan fingerprint density at radius 2 is 2.33 bits per heavy atom. The molecule has 1 fully saturated rings. The molecule has 1 aromatic rings. The van der Waals surface area contributed by atoms with E-state index in [1.165, 1.54) is 11.9 Å². The van der Waals surface area contributed by atoms with Gasteiger partial charge in [-0.15, -0.1) is 0 Å². The standard InChI is InChI=1S/C10H13N5O3/c1-14-6-9(17)15(10(14)18)5-8(16)11-4-7-2-3-12-13-7/h2-3H,4-6H2,1H3,(H,11,16)(H,12,13). The molecule has 8 heteroatoms. The summed E-state index contributed by atoms with van der Waals surface area (Å²) >= 11 is 0. The van der Waals surface area contributed by atoms with Gasteiger partial charge in [0, 0.05) is 13.2 Å². The molecule has 1 aliphatic rings. The maximum atomic E-state index is 11.6. The molecule has 0 saturated carbocycles. The lowest BCUT2D eigenvalue weighted by atomic mass is 10.4. The second-order valence-electron chi connectivity index (χ2n) is 3.98. The lowest BCUT2D eigenvalue weighted by Crippen LogP contribution is -2.40. The van der Waals surface area contributed by atoms with Crippen molar-refractivity contribution < 1.29 is 14.4 Å². The van der Waals surface area contributed by atoms with Gasteiger partial charge in [-0.3, -0.25) is 19.6 Å². The summed E-state index contributed by atoms with van der Waals surface area (Å²) < 4.78 is 0. The van der Waals surface area contributed by atoms with E-state index in [2.05, 4.69) is 15.5 Å². The molecule has 0 aromatic carbocycles. The monoisotopic (exact) mass is 251 g/mol. The van der Waals surface area contributed by atoms with Crippen LogP contribution in [0.2, 0.25) is 0 Å². The first-order valence-corrected chi connectivity index (χ1v) is 5.38. The molecule has 2 N–H and O–H groups in total. The van der Waals surface area contributed by atoms with Crippen molar-refractivity contribution in [2.24, 2.45) is 0 Å². The first-order valence-electron chi connectivity index (χ1n) is 5.38. The fourth-order valence-corrected chi connectivity index (χ4v) is 1.60. The number of imide groups is 1. The fraction of sp³-hybridized carbons (Fsp3) is 0.400. The third-order valence-corrected chi connectivity index (χ3v) is 2.57. The second-order valence-corrected chi connectivity index (χ2v) is 3.98. The van der Waals surface area contributed by atoms with Crippen LogP contribution < -0.4 is 5.32 Å². The Labute approximate surface area is 103 Å². The van der Waals surface area contributed by atoms with Gasteiger partial charge in [0.25, 0.3) is 5.91 Å². The molecule has 96 valence electrons. The van der Waals surface area contributed by atoms with Crippen molar-refractivity contribution in [3.8, 4) is 0 Å². The first-order chi connectivity index (χ1) is 8.58. The number of hydrogen-bond donors (Lipinski definition) is 2. The van der Waals surface area contributed by atoms with Gasteiger partial charge >= 0.3 is 6.03 Å². The van der Waals surface area contributed by atoms with Gasteiger partial charge in [-0.2, -0.15) is 5.10 Å². The van der Waals surface area contributed by atoms with Gasteiger partial charge in [0.05, 0.1) is 12.2 Å². The summed E-state index contributed by atoms with van der Waals surface area (Å²) in [6, 6.07) is 1.27. The van der Waals surface area contributed by atoms with E-state index in [9.17, 15) is 14.4 Å². The largest absolute Gasteiger partial charge is 0.349 e. The molecule has 0 spiro atoms. The summed E-state index contributed by atoms with van der Waals surface area (Å²) in [5.74, 6) is -0.749.